The first kappa shape index (κ1) is 24.9. The van der Waals surface area contributed by atoms with E-state index >= 15 is 0 Å². The average molecular weight is 488 g/mol. The molecule has 162 valence electrons. The van der Waals surface area contributed by atoms with Crippen molar-refractivity contribution in [3.05, 3.63) is 63.1 Å². The van der Waals surface area contributed by atoms with Gasteiger partial charge in [-0.3, -0.25) is 9.59 Å². The molecule has 1 atom stereocenters. The lowest BCUT2D eigenvalue weighted by molar-refractivity contribution is -0.139. The minimum absolute atomic E-state index is 0.136. The van der Waals surface area contributed by atoms with Gasteiger partial charge in [-0.2, -0.15) is 0 Å². The number of thioether (sulfide) groups is 1. The van der Waals surface area contributed by atoms with Crippen molar-refractivity contribution in [2.75, 3.05) is 5.75 Å². The summed E-state index contributed by atoms with van der Waals surface area (Å²) < 4.78 is 0. The van der Waals surface area contributed by atoms with Crippen molar-refractivity contribution < 1.29 is 9.59 Å². The zero-order valence-corrected chi connectivity index (χ0v) is 20.4. The Kier molecular flexibility index (Phi) is 8.92. The molecule has 0 heterocycles. The number of hydrogen-bond donors (Lipinski definition) is 1. The summed E-state index contributed by atoms with van der Waals surface area (Å²) in [6.45, 7) is 7.52. The third kappa shape index (κ3) is 7.38. The molecule has 2 aromatic carbocycles. The molecule has 2 rings (SSSR count). The second kappa shape index (κ2) is 10.8. The highest BCUT2D eigenvalue weighted by molar-refractivity contribution is 8.00. The van der Waals surface area contributed by atoms with Gasteiger partial charge in [0.25, 0.3) is 0 Å². The number of halogens is 3. The van der Waals surface area contributed by atoms with E-state index in [0.29, 0.717) is 20.6 Å². The van der Waals surface area contributed by atoms with Crippen LogP contribution in [-0.4, -0.2) is 34.0 Å². The highest BCUT2D eigenvalue weighted by Crippen LogP contribution is 2.28. The molecule has 0 fully saturated rings. The van der Waals surface area contributed by atoms with Crippen LogP contribution in [0.3, 0.4) is 0 Å². The van der Waals surface area contributed by atoms with Crippen LogP contribution in [0.1, 0.15) is 33.3 Å². The Bertz CT molecular complexity index is 878. The highest BCUT2D eigenvalue weighted by Gasteiger charge is 2.29. The van der Waals surface area contributed by atoms with E-state index in [1.54, 1.807) is 37.3 Å². The van der Waals surface area contributed by atoms with E-state index in [4.69, 9.17) is 34.8 Å². The first-order chi connectivity index (χ1) is 14.0. The van der Waals surface area contributed by atoms with Gasteiger partial charge < -0.3 is 10.2 Å². The Balaban J connectivity index is 2.23. The molecule has 0 aromatic heterocycles. The van der Waals surface area contributed by atoms with Crippen molar-refractivity contribution in [1.82, 2.24) is 10.2 Å². The van der Waals surface area contributed by atoms with Crippen molar-refractivity contribution in [2.45, 2.75) is 50.7 Å². The fourth-order valence-corrected chi connectivity index (χ4v) is 4.10. The third-order valence-corrected chi connectivity index (χ3v) is 6.19. The van der Waals surface area contributed by atoms with Gasteiger partial charge in [0.15, 0.2) is 0 Å². The molecule has 0 saturated heterocycles. The van der Waals surface area contributed by atoms with Gasteiger partial charge in [0, 0.05) is 37.6 Å². The molecule has 0 aliphatic carbocycles. The van der Waals surface area contributed by atoms with Gasteiger partial charge in [0.1, 0.15) is 6.04 Å². The van der Waals surface area contributed by atoms with E-state index in [0.717, 1.165) is 4.90 Å². The molecule has 1 N–H and O–H groups in total. The van der Waals surface area contributed by atoms with Crippen molar-refractivity contribution in [3.8, 4) is 0 Å². The fraction of sp³-hybridized carbons (Fsp3) is 0.364. The maximum absolute atomic E-state index is 13.1. The van der Waals surface area contributed by atoms with Crippen LogP contribution < -0.4 is 5.32 Å². The zero-order chi connectivity index (χ0) is 22.5. The lowest BCUT2D eigenvalue weighted by Crippen LogP contribution is -2.52. The first-order valence-corrected chi connectivity index (χ1v) is 11.5. The normalized spacial score (nSPS) is 12.4. The second-order valence-electron chi connectivity index (χ2n) is 7.88. The minimum atomic E-state index is -0.699. The Morgan fingerprint density at radius 3 is 2.13 bits per heavy atom. The van der Waals surface area contributed by atoms with Crippen LogP contribution in [0.2, 0.25) is 15.1 Å². The minimum Gasteiger partial charge on any atom is -0.350 e. The second-order valence-corrected chi connectivity index (χ2v) is 10.2. The largest absolute Gasteiger partial charge is 0.350 e. The quantitative estimate of drug-likeness (QED) is 0.482. The van der Waals surface area contributed by atoms with E-state index in [1.165, 1.54) is 16.7 Å². The zero-order valence-electron chi connectivity index (χ0n) is 17.3. The van der Waals surface area contributed by atoms with E-state index in [-0.39, 0.29) is 24.1 Å². The van der Waals surface area contributed by atoms with Crippen LogP contribution in [0.5, 0.6) is 0 Å². The smallest absolute Gasteiger partial charge is 0.242 e. The highest BCUT2D eigenvalue weighted by atomic mass is 35.5. The summed E-state index contributed by atoms with van der Waals surface area (Å²) in [6, 6.07) is 11.7. The number of hydrogen-bond acceptors (Lipinski definition) is 3. The Morgan fingerprint density at radius 2 is 1.60 bits per heavy atom. The van der Waals surface area contributed by atoms with Crippen molar-refractivity contribution in [2.24, 2.45) is 0 Å². The maximum atomic E-state index is 13.1. The van der Waals surface area contributed by atoms with Crippen LogP contribution in [0, 0.1) is 0 Å². The van der Waals surface area contributed by atoms with Gasteiger partial charge in [0.2, 0.25) is 11.8 Å². The lowest BCUT2D eigenvalue weighted by Gasteiger charge is -2.32. The van der Waals surface area contributed by atoms with Gasteiger partial charge in [-0.25, -0.2) is 0 Å². The number of benzene rings is 2. The molecule has 0 aliphatic rings. The molecule has 30 heavy (non-hydrogen) atoms. The van der Waals surface area contributed by atoms with Crippen LogP contribution in [0.15, 0.2) is 47.4 Å². The molecular weight excluding hydrogens is 463 g/mol. The van der Waals surface area contributed by atoms with Crippen LogP contribution in [0.25, 0.3) is 0 Å². The van der Waals surface area contributed by atoms with Crippen LogP contribution in [-0.2, 0) is 16.1 Å². The molecule has 0 radical (unpaired) electrons. The molecule has 0 aliphatic heterocycles. The summed E-state index contributed by atoms with van der Waals surface area (Å²) in [7, 11) is 0. The number of carbonyl (C=O) groups excluding carboxylic acids is 2. The van der Waals surface area contributed by atoms with Crippen molar-refractivity contribution in [1.29, 1.82) is 0 Å². The van der Waals surface area contributed by atoms with E-state index in [2.05, 4.69) is 5.32 Å². The fourth-order valence-electron chi connectivity index (χ4n) is 2.67. The standard InChI is InChI=1S/C22H25Cl3N2O2S/c1-14(21(29)26-22(2,3)4)27(12-17-18(24)6-5-7-19(17)25)20(28)13-30-16-10-8-15(23)9-11-16/h5-11,14H,12-13H2,1-4H3,(H,26,29)/t14-/m1/s1. The summed E-state index contributed by atoms with van der Waals surface area (Å²) in [5.74, 6) is -0.269. The molecule has 8 heteroatoms. The number of nitrogens with one attached hydrogen (secondary N) is 1. The lowest BCUT2D eigenvalue weighted by atomic mass is 10.1. The number of amides is 2. The molecule has 0 saturated carbocycles. The number of carbonyl (C=O) groups is 2. The Hall–Kier alpha value is -1.40. The monoisotopic (exact) mass is 486 g/mol. The maximum Gasteiger partial charge on any atom is 0.242 e. The summed E-state index contributed by atoms with van der Waals surface area (Å²) in [6.07, 6.45) is 0. The van der Waals surface area contributed by atoms with Gasteiger partial charge in [-0.15, -0.1) is 11.8 Å². The van der Waals surface area contributed by atoms with Gasteiger partial charge in [-0.1, -0.05) is 40.9 Å². The van der Waals surface area contributed by atoms with E-state index < -0.39 is 11.6 Å². The predicted molar refractivity (Wildman–Crippen MR) is 127 cm³/mol. The Morgan fingerprint density at radius 1 is 1.03 bits per heavy atom. The van der Waals surface area contributed by atoms with Gasteiger partial charge in [0.05, 0.1) is 5.75 Å². The van der Waals surface area contributed by atoms with E-state index in [1.807, 2.05) is 32.9 Å². The van der Waals surface area contributed by atoms with E-state index in [9.17, 15) is 9.59 Å². The molecule has 2 amide bonds. The van der Waals surface area contributed by atoms with Crippen LogP contribution in [0.4, 0.5) is 0 Å². The van der Waals surface area contributed by atoms with Crippen molar-refractivity contribution in [3.63, 3.8) is 0 Å². The SMILES string of the molecule is C[C@H](C(=O)NC(C)(C)C)N(Cc1c(Cl)cccc1Cl)C(=O)CSc1ccc(Cl)cc1. The molecular formula is C22H25Cl3N2O2S. The average Bonchev–Trinajstić information content (AvgIpc) is 2.65. The number of rotatable bonds is 7. The summed E-state index contributed by atoms with van der Waals surface area (Å²) in [4.78, 5) is 28.3. The molecule has 0 bridgehead atoms. The molecule has 0 unspecified atom stereocenters. The molecule has 2 aromatic rings. The Labute approximate surface area is 197 Å². The molecule has 0 spiro atoms. The summed E-state index contributed by atoms with van der Waals surface area (Å²) in [5, 5.41) is 4.47. The number of nitrogens with zero attached hydrogens (tertiary/aromatic N) is 1. The summed E-state index contributed by atoms with van der Waals surface area (Å²) >= 11 is 19.9. The molecule has 4 nitrogen and oxygen atoms in total. The van der Waals surface area contributed by atoms with Gasteiger partial charge >= 0.3 is 0 Å². The first-order valence-electron chi connectivity index (χ1n) is 9.40. The third-order valence-electron chi connectivity index (χ3n) is 4.23. The van der Waals surface area contributed by atoms with Crippen molar-refractivity contribution >= 4 is 58.4 Å². The predicted octanol–water partition coefficient (Wildman–Crippen LogP) is 6.07. The topological polar surface area (TPSA) is 49.4 Å². The summed E-state index contributed by atoms with van der Waals surface area (Å²) in [5.41, 5.74) is 0.196. The van der Waals surface area contributed by atoms with Crippen LogP contribution >= 0.6 is 46.6 Å². The van der Waals surface area contributed by atoms with Gasteiger partial charge in [-0.05, 0) is 64.1 Å².